The molecule has 3 rings (SSSR count). The lowest BCUT2D eigenvalue weighted by Crippen LogP contribution is -2.46. The van der Waals surface area contributed by atoms with Crippen molar-refractivity contribution in [2.75, 3.05) is 13.2 Å². The lowest BCUT2D eigenvalue weighted by molar-refractivity contribution is -0.149. The molecule has 0 radical (unpaired) electrons. The van der Waals surface area contributed by atoms with Gasteiger partial charge in [0.2, 0.25) is 0 Å². The fraction of sp³-hybridized carbons (Fsp3) is 0.565. The van der Waals surface area contributed by atoms with Crippen LogP contribution in [0.2, 0.25) is 0 Å². The highest BCUT2D eigenvalue weighted by atomic mass is 16.6. The Balaban J connectivity index is 1.93. The molecule has 11 nitrogen and oxygen atoms in total. The number of ether oxygens (including phenoxy) is 2. The van der Waals surface area contributed by atoms with E-state index in [1.807, 2.05) is 0 Å². The predicted octanol–water partition coefficient (Wildman–Crippen LogP) is -0.365. The van der Waals surface area contributed by atoms with Gasteiger partial charge in [-0.15, -0.1) is 0 Å². The van der Waals surface area contributed by atoms with Crippen LogP contribution < -0.4 is 5.32 Å². The predicted molar refractivity (Wildman–Crippen MR) is 115 cm³/mol. The molecule has 3 fully saturated rings. The van der Waals surface area contributed by atoms with Crippen LogP contribution in [0.5, 0.6) is 0 Å². The first-order chi connectivity index (χ1) is 16.0. The molecule has 34 heavy (non-hydrogen) atoms. The van der Waals surface area contributed by atoms with Gasteiger partial charge in [0.25, 0.3) is 0 Å². The second kappa shape index (κ2) is 10.1. The van der Waals surface area contributed by atoms with Gasteiger partial charge in [-0.2, -0.15) is 0 Å². The normalized spacial score (nSPS) is 33.4. The second-order valence-corrected chi connectivity index (χ2v) is 9.01. The Morgan fingerprint density at radius 1 is 1.24 bits per heavy atom. The van der Waals surface area contributed by atoms with E-state index >= 15 is 0 Å². The van der Waals surface area contributed by atoms with Crippen molar-refractivity contribution >= 4 is 23.9 Å². The molecule has 186 valence electrons. The fourth-order valence-electron chi connectivity index (χ4n) is 5.21. The minimum absolute atomic E-state index is 0.150. The minimum atomic E-state index is -1.45. The van der Waals surface area contributed by atoms with E-state index in [-0.39, 0.29) is 24.5 Å². The number of rotatable bonds is 9. The molecule has 3 aliphatic rings. The molecule has 1 aliphatic heterocycles. The van der Waals surface area contributed by atoms with Crippen molar-refractivity contribution in [1.29, 1.82) is 0 Å². The number of hydrogen-bond acceptors (Lipinski definition) is 9. The first-order valence-electron chi connectivity index (χ1n) is 10.9. The van der Waals surface area contributed by atoms with E-state index in [0.717, 1.165) is 0 Å². The third-order valence-electron chi connectivity index (χ3n) is 6.94. The van der Waals surface area contributed by atoms with Crippen LogP contribution in [0, 0.1) is 23.7 Å². The summed E-state index contributed by atoms with van der Waals surface area (Å²) >= 11 is 0. The Kier molecular flexibility index (Phi) is 7.59. The summed E-state index contributed by atoms with van der Waals surface area (Å²) < 4.78 is 11.3. The number of hydrogen-bond donors (Lipinski definition) is 5. The molecule has 1 heterocycles. The lowest BCUT2D eigenvalue weighted by atomic mass is 9.78. The van der Waals surface area contributed by atoms with Crippen molar-refractivity contribution in [3.63, 3.8) is 0 Å². The van der Waals surface area contributed by atoms with Crippen molar-refractivity contribution in [2.45, 2.75) is 43.6 Å². The first-order valence-corrected chi connectivity index (χ1v) is 10.9. The summed E-state index contributed by atoms with van der Waals surface area (Å²) in [4.78, 5) is 47.8. The van der Waals surface area contributed by atoms with Gasteiger partial charge in [0.1, 0.15) is 18.2 Å². The molecular weight excluding hydrogens is 450 g/mol. The van der Waals surface area contributed by atoms with Gasteiger partial charge in [-0.1, -0.05) is 25.3 Å². The molecule has 0 aromatic rings. The molecule has 2 aliphatic carbocycles. The summed E-state index contributed by atoms with van der Waals surface area (Å²) in [5.74, 6) is -6.71. The van der Waals surface area contributed by atoms with E-state index in [9.17, 15) is 34.5 Å². The highest BCUT2D eigenvalue weighted by Gasteiger charge is 2.59. The standard InChI is InChI=1S/C23H29NO10/c1-9-4-16(33-22(31)10(2)8-25)19-13(7-24-14(21(29)30)6-17(27)28)23(32)34-20(19)18-11(3)15(26)5-12(9)18/h12-16,18-20,24-26H,1-8H2,(H,27,28)(H,29,30)/t12-,13-,14?,15-,16-,18-,19+,20+/m0/s1. The largest absolute Gasteiger partial charge is 0.481 e. The van der Waals surface area contributed by atoms with Crippen molar-refractivity contribution in [2.24, 2.45) is 23.7 Å². The number of carboxylic acids is 2. The highest BCUT2D eigenvalue weighted by Crippen LogP contribution is 2.53. The molecule has 0 aromatic carbocycles. The summed E-state index contributed by atoms with van der Waals surface area (Å²) in [6.07, 6.45) is -2.78. The highest BCUT2D eigenvalue weighted by molar-refractivity contribution is 5.88. The van der Waals surface area contributed by atoms with Crippen molar-refractivity contribution in [3.8, 4) is 0 Å². The molecule has 11 heteroatoms. The van der Waals surface area contributed by atoms with Crippen molar-refractivity contribution in [3.05, 3.63) is 36.5 Å². The monoisotopic (exact) mass is 479 g/mol. The van der Waals surface area contributed by atoms with E-state index in [0.29, 0.717) is 17.6 Å². The van der Waals surface area contributed by atoms with Crippen LogP contribution in [-0.4, -0.2) is 81.8 Å². The number of fused-ring (bicyclic) bond motifs is 3. The van der Waals surface area contributed by atoms with E-state index in [1.54, 1.807) is 0 Å². The minimum Gasteiger partial charge on any atom is -0.481 e. The summed E-state index contributed by atoms with van der Waals surface area (Å²) in [7, 11) is 0. The zero-order valence-electron chi connectivity index (χ0n) is 18.5. The average molecular weight is 479 g/mol. The Hall–Kier alpha value is -3.02. The van der Waals surface area contributed by atoms with Crippen molar-refractivity contribution < 1.29 is 49.1 Å². The van der Waals surface area contributed by atoms with Gasteiger partial charge in [-0.25, -0.2) is 4.79 Å². The summed E-state index contributed by atoms with van der Waals surface area (Å²) in [5.41, 5.74) is 0.976. The maximum absolute atomic E-state index is 12.9. The molecule has 0 aromatic heterocycles. The van der Waals surface area contributed by atoms with Crippen LogP contribution in [0.25, 0.3) is 0 Å². The zero-order valence-corrected chi connectivity index (χ0v) is 18.5. The van der Waals surface area contributed by atoms with Crippen LogP contribution in [0.1, 0.15) is 19.3 Å². The molecule has 8 atom stereocenters. The maximum atomic E-state index is 12.9. The van der Waals surface area contributed by atoms with E-state index < -0.39 is 79.0 Å². The van der Waals surface area contributed by atoms with E-state index in [1.165, 1.54) is 0 Å². The number of carbonyl (C=O) groups is 4. The Bertz CT molecular complexity index is 927. The fourth-order valence-corrected chi connectivity index (χ4v) is 5.21. The first kappa shape index (κ1) is 25.6. The molecule has 1 saturated heterocycles. The number of aliphatic hydroxyl groups excluding tert-OH is 2. The topological polar surface area (TPSA) is 180 Å². The summed E-state index contributed by atoms with van der Waals surface area (Å²) in [6.45, 7) is 10.7. The van der Waals surface area contributed by atoms with Crippen LogP contribution in [0.15, 0.2) is 36.5 Å². The Labute approximate surface area is 195 Å². The van der Waals surface area contributed by atoms with Gasteiger partial charge in [-0.05, 0) is 17.9 Å². The number of nitrogens with one attached hydrogen (secondary N) is 1. The number of esters is 2. The summed E-state index contributed by atoms with van der Waals surface area (Å²) in [6, 6.07) is -1.45. The van der Waals surface area contributed by atoms with Crippen molar-refractivity contribution in [1.82, 2.24) is 5.32 Å². The number of aliphatic carboxylic acids is 2. The van der Waals surface area contributed by atoms with Gasteiger partial charge in [0.15, 0.2) is 0 Å². The van der Waals surface area contributed by atoms with Gasteiger partial charge in [0.05, 0.1) is 30.6 Å². The third-order valence-corrected chi connectivity index (χ3v) is 6.94. The average Bonchev–Trinajstić information content (AvgIpc) is 3.21. The smallest absolute Gasteiger partial charge is 0.336 e. The molecule has 2 saturated carbocycles. The van der Waals surface area contributed by atoms with E-state index in [2.05, 4.69) is 25.1 Å². The molecule has 5 N–H and O–H groups in total. The number of aliphatic hydroxyl groups is 2. The Morgan fingerprint density at radius 3 is 2.50 bits per heavy atom. The summed E-state index contributed by atoms with van der Waals surface area (Å²) in [5, 5.41) is 40.5. The number of carboxylic acid groups (broad SMARTS) is 2. The molecule has 0 bridgehead atoms. The third kappa shape index (κ3) is 4.91. The molecule has 0 spiro atoms. The van der Waals surface area contributed by atoms with Gasteiger partial charge >= 0.3 is 23.9 Å². The van der Waals surface area contributed by atoms with Gasteiger partial charge in [-0.3, -0.25) is 14.4 Å². The van der Waals surface area contributed by atoms with Gasteiger partial charge in [0, 0.05) is 24.8 Å². The Morgan fingerprint density at radius 2 is 1.91 bits per heavy atom. The van der Waals surface area contributed by atoms with E-state index in [4.69, 9.17) is 14.6 Å². The molecule has 0 amide bonds. The second-order valence-electron chi connectivity index (χ2n) is 9.01. The van der Waals surface area contributed by atoms with Crippen LogP contribution >= 0.6 is 0 Å². The SMILES string of the molecule is C=C(CO)C(=O)O[C@H]1CC(=C)[C@@H]2C[C@H](O)C(=C)[C@@H]2[C@H]2OC(=O)[C@@H](CNC(CC(=O)O)C(=O)O)[C@@H]21. The molecule has 1 unspecified atom stereocenters. The van der Waals surface area contributed by atoms with Crippen LogP contribution in [-0.2, 0) is 28.7 Å². The number of carbonyl (C=O) groups excluding carboxylic acids is 2. The zero-order chi connectivity index (χ0) is 25.3. The van der Waals surface area contributed by atoms with Crippen LogP contribution in [0.4, 0.5) is 0 Å². The quantitative estimate of drug-likeness (QED) is 0.165. The van der Waals surface area contributed by atoms with Crippen LogP contribution in [0.3, 0.4) is 0 Å². The van der Waals surface area contributed by atoms with Gasteiger partial charge < -0.3 is 35.2 Å². The molecular formula is C23H29NO10. The maximum Gasteiger partial charge on any atom is 0.336 e. The lowest BCUT2D eigenvalue weighted by Gasteiger charge is -2.30.